The first-order chi connectivity index (χ1) is 13.1. The summed E-state index contributed by atoms with van der Waals surface area (Å²) in [7, 11) is 0. The summed E-state index contributed by atoms with van der Waals surface area (Å²) in [4.78, 5) is 17.2. The van der Waals surface area contributed by atoms with Crippen molar-refractivity contribution in [3.63, 3.8) is 0 Å². The normalized spacial score (nSPS) is 14.3. The maximum absolute atomic E-state index is 12.1. The van der Waals surface area contributed by atoms with Gasteiger partial charge >= 0.3 is 5.97 Å². The number of carbonyl (C=O) groups excluding carboxylic acids is 1. The Kier molecular flexibility index (Phi) is 4.70. The third-order valence-corrected chi connectivity index (χ3v) is 5.95. The summed E-state index contributed by atoms with van der Waals surface area (Å²) < 4.78 is 7.34. The van der Waals surface area contributed by atoms with Crippen LogP contribution in [0.5, 0.6) is 0 Å². The predicted molar refractivity (Wildman–Crippen MR) is 106 cm³/mol. The SMILES string of the molecule is CCOC(=O)c1sc(-c2ccc3c(c2)c(C=NO)cn3CC2CC2)nc1C. The monoisotopic (exact) mass is 383 g/mol. The molecule has 1 saturated carbocycles. The summed E-state index contributed by atoms with van der Waals surface area (Å²) >= 11 is 1.34. The first-order valence-electron chi connectivity index (χ1n) is 9.06. The molecule has 7 heteroatoms. The van der Waals surface area contributed by atoms with Crippen molar-refractivity contribution < 1.29 is 14.7 Å². The van der Waals surface area contributed by atoms with Gasteiger partial charge in [-0.15, -0.1) is 11.3 Å². The zero-order valence-corrected chi connectivity index (χ0v) is 16.1. The van der Waals surface area contributed by atoms with Crippen molar-refractivity contribution in [2.45, 2.75) is 33.2 Å². The first kappa shape index (κ1) is 17.7. The third kappa shape index (κ3) is 3.47. The van der Waals surface area contributed by atoms with Gasteiger partial charge in [0.25, 0.3) is 0 Å². The largest absolute Gasteiger partial charge is 0.462 e. The Labute approximate surface area is 161 Å². The molecule has 0 bridgehead atoms. The highest BCUT2D eigenvalue weighted by Gasteiger charge is 2.23. The number of oxime groups is 1. The summed E-state index contributed by atoms with van der Waals surface area (Å²) in [6.07, 6.45) is 6.04. The first-order valence-corrected chi connectivity index (χ1v) is 9.87. The van der Waals surface area contributed by atoms with Gasteiger partial charge in [0.1, 0.15) is 9.88 Å². The molecule has 1 N–H and O–H groups in total. The molecule has 4 rings (SSSR count). The molecule has 1 aliphatic rings. The van der Waals surface area contributed by atoms with Gasteiger partial charge in [-0.3, -0.25) is 0 Å². The second kappa shape index (κ2) is 7.15. The van der Waals surface area contributed by atoms with Crippen LogP contribution in [0.3, 0.4) is 0 Å². The van der Waals surface area contributed by atoms with E-state index in [1.165, 1.54) is 30.4 Å². The highest BCUT2D eigenvalue weighted by molar-refractivity contribution is 7.17. The third-order valence-electron chi connectivity index (χ3n) is 4.76. The fourth-order valence-corrected chi connectivity index (χ4v) is 4.21. The van der Waals surface area contributed by atoms with E-state index in [1.807, 2.05) is 25.3 Å². The smallest absolute Gasteiger partial charge is 0.350 e. The van der Waals surface area contributed by atoms with Crippen molar-refractivity contribution in [2.75, 3.05) is 6.61 Å². The number of thiazole rings is 1. The highest BCUT2D eigenvalue weighted by atomic mass is 32.1. The molecular weight excluding hydrogens is 362 g/mol. The van der Waals surface area contributed by atoms with Crippen LogP contribution in [0, 0.1) is 12.8 Å². The molecule has 2 heterocycles. The van der Waals surface area contributed by atoms with E-state index in [0.717, 1.165) is 39.5 Å². The Morgan fingerprint density at radius 3 is 3.00 bits per heavy atom. The van der Waals surface area contributed by atoms with Crippen LogP contribution >= 0.6 is 11.3 Å². The van der Waals surface area contributed by atoms with Crippen LogP contribution in [0.25, 0.3) is 21.5 Å². The molecule has 3 aromatic rings. The maximum atomic E-state index is 12.1. The minimum Gasteiger partial charge on any atom is -0.462 e. The Morgan fingerprint density at radius 2 is 2.30 bits per heavy atom. The summed E-state index contributed by atoms with van der Waals surface area (Å²) in [5, 5.41) is 14.0. The molecule has 0 spiro atoms. The average Bonchev–Trinajstić information content (AvgIpc) is 3.29. The summed E-state index contributed by atoms with van der Waals surface area (Å²) in [5.74, 6) is 0.413. The molecule has 27 heavy (non-hydrogen) atoms. The molecule has 1 fully saturated rings. The molecule has 0 unspecified atom stereocenters. The fraction of sp³-hybridized carbons (Fsp3) is 0.350. The van der Waals surface area contributed by atoms with Crippen LogP contribution in [0.4, 0.5) is 0 Å². The lowest BCUT2D eigenvalue weighted by molar-refractivity contribution is 0.0531. The summed E-state index contributed by atoms with van der Waals surface area (Å²) in [5.41, 5.74) is 3.59. The molecule has 6 nitrogen and oxygen atoms in total. The molecule has 0 atom stereocenters. The minimum atomic E-state index is -0.330. The van der Waals surface area contributed by atoms with E-state index < -0.39 is 0 Å². The van der Waals surface area contributed by atoms with E-state index in [-0.39, 0.29) is 5.97 Å². The lowest BCUT2D eigenvalue weighted by atomic mass is 10.1. The fourth-order valence-electron chi connectivity index (χ4n) is 3.26. The number of rotatable bonds is 6. The molecule has 0 radical (unpaired) electrons. The highest BCUT2D eigenvalue weighted by Crippen LogP contribution is 2.35. The summed E-state index contributed by atoms with van der Waals surface area (Å²) in [6.45, 7) is 4.94. The quantitative estimate of drug-likeness (QED) is 0.295. The van der Waals surface area contributed by atoms with E-state index in [0.29, 0.717) is 17.2 Å². The minimum absolute atomic E-state index is 0.330. The number of aryl methyl sites for hydroxylation is 1. The van der Waals surface area contributed by atoms with Gasteiger partial charge in [-0.05, 0) is 50.8 Å². The molecule has 2 aromatic heterocycles. The standard InChI is InChI=1S/C20H21N3O3S/c1-3-26-20(24)18-12(2)22-19(27-18)14-6-7-17-16(8-14)15(9-21-25)11-23(17)10-13-4-5-13/h6-9,11,13,25H,3-5,10H2,1-2H3. The van der Waals surface area contributed by atoms with Crippen LogP contribution in [0.1, 0.15) is 40.7 Å². The number of fused-ring (bicyclic) bond motifs is 1. The lowest BCUT2D eigenvalue weighted by Gasteiger charge is -2.04. The van der Waals surface area contributed by atoms with Crippen molar-refractivity contribution in [1.82, 2.24) is 9.55 Å². The molecule has 1 aliphatic carbocycles. The number of esters is 1. The van der Waals surface area contributed by atoms with Gasteiger partial charge in [-0.1, -0.05) is 5.16 Å². The Bertz CT molecular complexity index is 1030. The van der Waals surface area contributed by atoms with Gasteiger partial charge in [0.15, 0.2) is 0 Å². The van der Waals surface area contributed by atoms with E-state index in [1.54, 1.807) is 6.92 Å². The van der Waals surface area contributed by atoms with Gasteiger partial charge in [0.2, 0.25) is 0 Å². The lowest BCUT2D eigenvalue weighted by Crippen LogP contribution is -2.03. The number of ether oxygens (including phenoxy) is 1. The van der Waals surface area contributed by atoms with Crippen molar-refractivity contribution in [1.29, 1.82) is 0 Å². The van der Waals surface area contributed by atoms with E-state index in [4.69, 9.17) is 9.94 Å². The Morgan fingerprint density at radius 1 is 1.48 bits per heavy atom. The average molecular weight is 383 g/mol. The molecule has 0 aliphatic heterocycles. The molecule has 140 valence electrons. The number of nitrogens with zero attached hydrogens (tertiary/aromatic N) is 3. The summed E-state index contributed by atoms with van der Waals surface area (Å²) in [6, 6.07) is 6.14. The van der Waals surface area contributed by atoms with Crippen LogP contribution in [0.15, 0.2) is 29.6 Å². The second-order valence-electron chi connectivity index (χ2n) is 6.81. The van der Waals surface area contributed by atoms with Gasteiger partial charge in [-0.25, -0.2) is 9.78 Å². The molecule has 0 saturated heterocycles. The van der Waals surface area contributed by atoms with Gasteiger partial charge in [0.05, 0.1) is 18.5 Å². The Balaban J connectivity index is 1.75. The number of hydrogen-bond donors (Lipinski definition) is 1. The number of benzene rings is 1. The zero-order chi connectivity index (χ0) is 19.0. The van der Waals surface area contributed by atoms with Crippen molar-refractivity contribution >= 4 is 34.4 Å². The van der Waals surface area contributed by atoms with E-state index >= 15 is 0 Å². The van der Waals surface area contributed by atoms with Gasteiger partial charge in [0, 0.05) is 34.8 Å². The molecule has 1 aromatic carbocycles. The Hall–Kier alpha value is -2.67. The van der Waals surface area contributed by atoms with Crippen molar-refractivity contribution in [2.24, 2.45) is 11.1 Å². The maximum Gasteiger partial charge on any atom is 0.350 e. The van der Waals surface area contributed by atoms with Crippen molar-refractivity contribution in [3.05, 3.63) is 40.5 Å². The van der Waals surface area contributed by atoms with Gasteiger partial charge < -0.3 is 14.5 Å². The van der Waals surface area contributed by atoms with Crippen LogP contribution in [0.2, 0.25) is 0 Å². The second-order valence-corrected chi connectivity index (χ2v) is 7.81. The van der Waals surface area contributed by atoms with Crippen LogP contribution < -0.4 is 0 Å². The zero-order valence-electron chi connectivity index (χ0n) is 15.3. The number of hydrogen-bond acceptors (Lipinski definition) is 6. The molecule has 0 amide bonds. The van der Waals surface area contributed by atoms with Crippen LogP contribution in [-0.4, -0.2) is 33.5 Å². The predicted octanol–water partition coefficient (Wildman–Crippen LogP) is 4.47. The van der Waals surface area contributed by atoms with E-state index in [2.05, 4.69) is 20.8 Å². The molecular formula is C20H21N3O3S. The number of aromatic nitrogens is 2. The van der Waals surface area contributed by atoms with Crippen molar-refractivity contribution in [3.8, 4) is 10.6 Å². The topological polar surface area (TPSA) is 76.7 Å². The number of carbonyl (C=O) groups is 1. The van der Waals surface area contributed by atoms with E-state index in [9.17, 15) is 4.79 Å². The van der Waals surface area contributed by atoms with Crippen LogP contribution in [-0.2, 0) is 11.3 Å². The van der Waals surface area contributed by atoms with Gasteiger partial charge in [-0.2, -0.15) is 0 Å².